The van der Waals surface area contributed by atoms with Crippen LogP contribution in [0.4, 0.5) is 13.2 Å². The lowest BCUT2D eigenvalue weighted by atomic mass is 9.62. The minimum atomic E-state index is -4.83. The summed E-state index contributed by atoms with van der Waals surface area (Å²) in [4.78, 5) is 12.1. The monoisotopic (exact) mass is 479 g/mol. The van der Waals surface area contributed by atoms with E-state index in [0.29, 0.717) is 25.3 Å². The molecule has 0 aliphatic heterocycles. The first-order valence-corrected chi connectivity index (χ1v) is 15.0. The molecule has 0 spiro atoms. The highest BCUT2D eigenvalue weighted by molar-refractivity contribution is 6.74. The van der Waals surface area contributed by atoms with Crippen LogP contribution in [0.15, 0.2) is 0 Å². The summed E-state index contributed by atoms with van der Waals surface area (Å²) in [5.74, 6) is 0.263. The third kappa shape index (κ3) is 5.72. The van der Waals surface area contributed by atoms with Gasteiger partial charge in [0, 0.05) is 12.6 Å². The molecule has 2 N–H and O–H groups in total. The Labute approximate surface area is 193 Å². The first-order valence-electron chi connectivity index (χ1n) is 12.1. The maximum absolute atomic E-state index is 12.9. The van der Waals surface area contributed by atoms with Gasteiger partial charge in [0.1, 0.15) is 0 Å². The Bertz CT molecular complexity index is 674. The molecule has 2 fully saturated rings. The predicted molar refractivity (Wildman–Crippen MR) is 124 cm³/mol. The van der Waals surface area contributed by atoms with Gasteiger partial charge in [0.15, 0.2) is 13.9 Å². The summed E-state index contributed by atoms with van der Waals surface area (Å²) in [6.07, 6.45) is -0.0474. The Kier molecular flexibility index (Phi) is 7.96. The fourth-order valence-corrected chi connectivity index (χ4v) is 7.08. The van der Waals surface area contributed by atoms with Crippen molar-refractivity contribution in [3.05, 3.63) is 0 Å². The van der Waals surface area contributed by atoms with Gasteiger partial charge in [-0.25, -0.2) is 0 Å². The summed E-state index contributed by atoms with van der Waals surface area (Å²) in [6, 6.07) is 0. The van der Waals surface area contributed by atoms with E-state index in [9.17, 15) is 23.1 Å². The molecule has 0 aromatic carbocycles. The van der Waals surface area contributed by atoms with Gasteiger partial charge in [-0.15, -0.1) is 0 Å². The van der Waals surface area contributed by atoms with Crippen molar-refractivity contribution in [2.75, 3.05) is 6.54 Å². The zero-order chi connectivity index (χ0) is 24.8. The Morgan fingerprint density at radius 2 is 1.78 bits per heavy atom. The van der Waals surface area contributed by atoms with Gasteiger partial charge in [-0.2, -0.15) is 13.2 Å². The average molecular weight is 480 g/mol. The first-order chi connectivity index (χ1) is 14.3. The van der Waals surface area contributed by atoms with Crippen molar-refractivity contribution >= 4 is 14.2 Å². The summed E-state index contributed by atoms with van der Waals surface area (Å²) in [6.45, 7) is 16.8. The van der Waals surface area contributed by atoms with Crippen LogP contribution in [-0.2, 0) is 9.22 Å². The number of amides is 1. The number of rotatable bonds is 7. The number of halogens is 3. The standard InChI is InChI=1S/C24H44F3NO3Si/c1-16(15-28-20(29)14-23(6,30)24(25,26)27)17-11-12-18-19(10-9-13-22(17,18)5)31-32(7,8)21(2,3)4/h16-19,30H,9-15H2,1-8H3,(H,28,29)/t16?,17-,18+,19+,22-,23?/m1/s1. The number of carbonyl (C=O) groups is 1. The maximum Gasteiger partial charge on any atom is 0.417 e. The topological polar surface area (TPSA) is 58.6 Å². The molecule has 8 heteroatoms. The zero-order valence-electron chi connectivity index (χ0n) is 21.2. The van der Waals surface area contributed by atoms with E-state index in [4.69, 9.17) is 4.43 Å². The molecule has 2 saturated carbocycles. The van der Waals surface area contributed by atoms with Crippen molar-refractivity contribution in [1.29, 1.82) is 0 Å². The Balaban J connectivity index is 2.01. The van der Waals surface area contributed by atoms with Crippen LogP contribution in [0, 0.1) is 23.2 Å². The van der Waals surface area contributed by atoms with Gasteiger partial charge in [-0.1, -0.05) is 41.0 Å². The van der Waals surface area contributed by atoms with Crippen molar-refractivity contribution in [3.63, 3.8) is 0 Å². The highest BCUT2D eigenvalue weighted by Gasteiger charge is 2.55. The molecule has 32 heavy (non-hydrogen) atoms. The molecular weight excluding hydrogens is 435 g/mol. The minimum Gasteiger partial charge on any atom is -0.414 e. The Morgan fingerprint density at radius 1 is 1.19 bits per heavy atom. The fourth-order valence-electron chi connectivity index (χ4n) is 5.68. The second-order valence-electron chi connectivity index (χ2n) is 12.3. The average Bonchev–Trinajstić information content (AvgIpc) is 2.95. The SMILES string of the molecule is CC(CNC(=O)CC(C)(O)C(F)(F)F)[C@H]1CC[C@H]2[C@@H](O[Si](C)(C)C(C)(C)C)CCC[C@]12C. The maximum atomic E-state index is 12.9. The molecule has 4 nitrogen and oxygen atoms in total. The van der Waals surface area contributed by atoms with Crippen molar-refractivity contribution in [1.82, 2.24) is 5.32 Å². The van der Waals surface area contributed by atoms with Crippen LogP contribution in [0.2, 0.25) is 18.1 Å². The van der Waals surface area contributed by atoms with Gasteiger partial charge in [0.2, 0.25) is 5.91 Å². The van der Waals surface area contributed by atoms with E-state index in [2.05, 4.69) is 53.0 Å². The smallest absolute Gasteiger partial charge is 0.414 e. The van der Waals surface area contributed by atoms with Crippen LogP contribution < -0.4 is 5.32 Å². The molecule has 0 saturated heterocycles. The molecule has 0 aromatic heterocycles. The second kappa shape index (κ2) is 9.21. The Morgan fingerprint density at radius 3 is 2.31 bits per heavy atom. The summed E-state index contributed by atoms with van der Waals surface area (Å²) in [5.41, 5.74) is -2.89. The summed E-state index contributed by atoms with van der Waals surface area (Å²) >= 11 is 0. The normalized spacial score (nSPS) is 32.2. The number of aliphatic hydroxyl groups is 1. The minimum absolute atomic E-state index is 0.118. The zero-order valence-corrected chi connectivity index (χ0v) is 22.2. The van der Waals surface area contributed by atoms with Crippen LogP contribution in [0.1, 0.15) is 80.1 Å². The molecule has 188 valence electrons. The lowest BCUT2D eigenvalue weighted by Crippen LogP contribution is -2.50. The van der Waals surface area contributed by atoms with E-state index in [1.165, 1.54) is 0 Å². The van der Waals surface area contributed by atoms with Crippen LogP contribution >= 0.6 is 0 Å². The molecule has 0 radical (unpaired) electrons. The highest BCUT2D eigenvalue weighted by atomic mass is 28.4. The summed E-state index contributed by atoms with van der Waals surface area (Å²) in [5, 5.41) is 12.4. The largest absolute Gasteiger partial charge is 0.417 e. The van der Waals surface area contributed by atoms with Crippen molar-refractivity contribution in [2.24, 2.45) is 23.2 Å². The number of fused-ring (bicyclic) bond motifs is 1. The van der Waals surface area contributed by atoms with Gasteiger partial charge in [0.25, 0.3) is 0 Å². The molecule has 0 bridgehead atoms. The third-order valence-electron chi connectivity index (χ3n) is 8.81. The molecule has 0 aromatic rings. The van der Waals surface area contributed by atoms with E-state index in [-0.39, 0.29) is 22.5 Å². The highest BCUT2D eigenvalue weighted by Crippen LogP contribution is 2.59. The van der Waals surface area contributed by atoms with Crippen molar-refractivity contribution < 1.29 is 27.5 Å². The van der Waals surface area contributed by atoms with E-state index < -0.39 is 32.4 Å². The van der Waals surface area contributed by atoms with Crippen LogP contribution in [0.5, 0.6) is 0 Å². The van der Waals surface area contributed by atoms with Gasteiger partial charge in [-0.05, 0) is 73.9 Å². The lowest BCUT2D eigenvalue weighted by Gasteiger charge is -2.50. The van der Waals surface area contributed by atoms with Crippen molar-refractivity contribution in [3.8, 4) is 0 Å². The van der Waals surface area contributed by atoms with E-state index >= 15 is 0 Å². The molecule has 2 rings (SSSR count). The van der Waals surface area contributed by atoms with E-state index in [1.54, 1.807) is 0 Å². The second-order valence-corrected chi connectivity index (χ2v) is 17.1. The van der Waals surface area contributed by atoms with Gasteiger partial charge < -0.3 is 14.8 Å². The van der Waals surface area contributed by atoms with Crippen LogP contribution in [0.25, 0.3) is 0 Å². The molecule has 1 amide bonds. The van der Waals surface area contributed by atoms with Crippen LogP contribution in [-0.4, -0.2) is 43.8 Å². The summed E-state index contributed by atoms with van der Waals surface area (Å²) in [7, 11) is -1.88. The van der Waals surface area contributed by atoms with E-state index in [0.717, 1.165) is 32.1 Å². The number of hydrogen-bond acceptors (Lipinski definition) is 3. The lowest BCUT2D eigenvalue weighted by molar-refractivity contribution is -0.253. The molecule has 2 aliphatic carbocycles. The molecule has 6 atom stereocenters. The third-order valence-corrected chi connectivity index (χ3v) is 13.3. The first kappa shape index (κ1) is 27.6. The van der Waals surface area contributed by atoms with Gasteiger partial charge in [0.05, 0.1) is 6.42 Å². The number of nitrogens with one attached hydrogen (secondary N) is 1. The van der Waals surface area contributed by atoms with Gasteiger partial charge in [-0.3, -0.25) is 4.79 Å². The summed E-state index contributed by atoms with van der Waals surface area (Å²) < 4.78 is 45.5. The molecule has 2 unspecified atom stereocenters. The fraction of sp³-hybridized carbons (Fsp3) is 0.958. The molecule has 0 heterocycles. The predicted octanol–water partition coefficient (Wildman–Crippen LogP) is 6.05. The molecule has 2 aliphatic rings. The number of hydrogen-bond donors (Lipinski definition) is 2. The number of carbonyl (C=O) groups excluding carboxylic acids is 1. The Hall–Kier alpha value is -0.603. The van der Waals surface area contributed by atoms with Gasteiger partial charge >= 0.3 is 6.18 Å². The van der Waals surface area contributed by atoms with Crippen molar-refractivity contribution in [2.45, 2.75) is 116 Å². The van der Waals surface area contributed by atoms with E-state index in [1.807, 2.05) is 0 Å². The molecular formula is C24H44F3NO3Si. The van der Waals surface area contributed by atoms with Crippen LogP contribution in [0.3, 0.4) is 0 Å². The number of alkyl halides is 3. The quantitative estimate of drug-likeness (QED) is 0.437.